The van der Waals surface area contributed by atoms with Gasteiger partial charge >= 0.3 is 0 Å². The van der Waals surface area contributed by atoms with Crippen LogP contribution in [0.4, 0.5) is 0 Å². The molecule has 0 saturated carbocycles. The van der Waals surface area contributed by atoms with Crippen molar-refractivity contribution < 1.29 is 9.15 Å². The Balaban J connectivity index is 1.59. The molecule has 0 amide bonds. The second-order valence-electron chi connectivity index (χ2n) is 6.90. The van der Waals surface area contributed by atoms with E-state index in [2.05, 4.69) is 35.8 Å². The minimum absolute atomic E-state index is 0.377. The summed E-state index contributed by atoms with van der Waals surface area (Å²) in [6, 6.07) is 4.68. The van der Waals surface area contributed by atoms with Crippen LogP contribution in [0, 0.1) is 12.8 Å². The lowest BCUT2D eigenvalue weighted by Crippen LogP contribution is -2.50. The monoisotopic (exact) mass is 292 g/mol. The summed E-state index contributed by atoms with van der Waals surface area (Å²) >= 11 is 0. The zero-order valence-electron chi connectivity index (χ0n) is 13.5. The molecule has 0 aliphatic carbocycles. The highest BCUT2D eigenvalue weighted by molar-refractivity contribution is 5.06. The first-order chi connectivity index (χ1) is 10.1. The first kappa shape index (κ1) is 15.1. The van der Waals surface area contributed by atoms with E-state index in [9.17, 15) is 0 Å². The Bertz CT molecular complexity index is 457. The van der Waals surface area contributed by atoms with E-state index in [1.165, 1.54) is 13.0 Å². The van der Waals surface area contributed by atoms with Crippen molar-refractivity contribution in [1.82, 2.24) is 9.80 Å². The Hall–Kier alpha value is -0.840. The molecule has 21 heavy (non-hydrogen) atoms. The SMILES string of the molecule is Cc1ccc(CN2CCO[C@@H]3CN(CCC(C)C)C[C@@H]32)o1. The van der Waals surface area contributed by atoms with Crippen molar-refractivity contribution in [2.45, 2.75) is 45.9 Å². The van der Waals surface area contributed by atoms with Crippen LogP contribution in [0.25, 0.3) is 0 Å². The maximum Gasteiger partial charge on any atom is 0.118 e. The van der Waals surface area contributed by atoms with Crippen LogP contribution in [-0.2, 0) is 11.3 Å². The van der Waals surface area contributed by atoms with Gasteiger partial charge in [0.1, 0.15) is 11.5 Å². The van der Waals surface area contributed by atoms with Crippen molar-refractivity contribution >= 4 is 0 Å². The fourth-order valence-corrected chi connectivity index (χ4v) is 3.42. The topological polar surface area (TPSA) is 28.9 Å². The molecule has 0 radical (unpaired) electrons. The minimum Gasteiger partial charge on any atom is -0.465 e. The Morgan fingerprint density at radius 2 is 2.14 bits per heavy atom. The van der Waals surface area contributed by atoms with Crippen LogP contribution in [0.15, 0.2) is 16.5 Å². The van der Waals surface area contributed by atoms with Crippen molar-refractivity contribution in [1.29, 1.82) is 0 Å². The third-order valence-electron chi connectivity index (χ3n) is 4.67. The van der Waals surface area contributed by atoms with E-state index < -0.39 is 0 Å². The quantitative estimate of drug-likeness (QED) is 0.834. The predicted octanol–water partition coefficient (Wildman–Crippen LogP) is 2.52. The molecule has 118 valence electrons. The van der Waals surface area contributed by atoms with Crippen LogP contribution in [0.5, 0.6) is 0 Å². The average molecular weight is 292 g/mol. The third kappa shape index (κ3) is 3.68. The van der Waals surface area contributed by atoms with Gasteiger partial charge in [-0.2, -0.15) is 0 Å². The van der Waals surface area contributed by atoms with E-state index >= 15 is 0 Å². The molecule has 0 aromatic carbocycles. The van der Waals surface area contributed by atoms with Crippen molar-refractivity contribution in [3.05, 3.63) is 23.7 Å². The van der Waals surface area contributed by atoms with Crippen LogP contribution in [0.1, 0.15) is 31.8 Å². The van der Waals surface area contributed by atoms with Gasteiger partial charge in [0.2, 0.25) is 0 Å². The van der Waals surface area contributed by atoms with E-state index in [4.69, 9.17) is 9.15 Å². The Morgan fingerprint density at radius 3 is 2.86 bits per heavy atom. The van der Waals surface area contributed by atoms with Gasteiger partial charge in [0.05, 0.1) is 25.3 Å². The first-order valence-electron chi connectivity index (χ1n) is 8.25. The fourth-order valence-electron chi connectivity index (χ4n) is 3.42. The number of aryl methyl sites for hydroxylation is 1. The van der Waals surface area contributed by atoms with Gasteiger partial charge in [-0.25, -0.2) is 0 Å². The highest BCUT2D eigenvalue weighted by Crippen LogP contribution is 2.25. The molecular formula is C17H28N2O2. The van der Waals surface area contributed by atoms with Crippen molar-refractivity contribution in [3.63, 3.8) is 0 Å². The van der Waals surface area contributed by atoms with E-state index in [0.717, 1.165) is 50.2 Å². The Kier molecular flexibility index (Phi) is 4.67. The normalized spacial score (nSPS) is 27.4. The summed E-state index contributed by atoms with van der Waals surface area (Å²) in [5.41, 5.74) is 0. The standard InChI is InChI=1S/C17H28N2O2/c1-13(2)6-7-18-11-16-17(12-18)20-9-8-19(16)10-15-5-4-14(3)21-15/h4-5,13,16-17H,6-12H2,1-3H3/t16-,17+/m0/s1. The van der Waals surface area contributed by atoms with Gasteiger partial charge in [-0.3, -0.25) is 9.80 Å². The van der Waals surface area contributed by atoms with Gasteiger partial charge in [-0.05, 0) is 37.9 Å². The summed E-state index contributed by atoms with van der Waals surface area (Å²) in [4.78, 5) is 5.11. The number of hydrogen-bond donors (Lipinski definition) is 0. The second-order valence-corrected chi connectivity index (χ2v) is 6.90. The summed E-state index contributed by atoms with van der Waals surface area (Å²) in [5.74, 6) is 2.85. The summed E-state index contributed by atoms with van der Waals surface area (Å²) < 4.78 is 11.7. The lowest BCUT2D eigenvalue weighted by Gasteiger charge is -2.36. The summed E-state index contributed by atoms with van der Waals surface area (Å²) in [7, 11) is 0. The zero-order chi connectivity index (χ0) is 14.8. The highest BCUT2D eigenvalue weighted by atomic mass is 16.5. The maximum atomic E-state index is 6.00. The molecule has 2 fully saturated rings. The molecular weight excluding hydrogens is 264 g/mol. The van der Waals surface area contributed by atoms with Gasteiger partial charge in [0, 0.05) is 19.6 Å². The molecule has 2 aliphatic rings. The molecule has 0 bridgehead atoms. The van der Waals surface area contributed by atoms with Crippen molar-refractivity contribution in [2.24, 2.45) is 5.92 Å². The Morgan fingerprint density at radius 1 is 1.29 bits per heavy atom. The zero-order valence-corrected chi connectivity index (χ0v) is 13.5. The van der Waals surface area contributed by atoms with Gasteiger partial charge < -0.3 is 9.15 Å². The number of morpholine rings is 1. The third-order valence-corrected chi connectivity index (χ3v) is 4.67. The number of hydrogen-bond acceptors (Lipinski definition) is 4. The van der Waals surface area contributed by atoms with E-state index in [1.807, 2.05) is 6.92 Å². The highest BCUT2D eigenvalue weighted by Gasteiger charge is 2.39. The molecule has 1 aromatic rings. The summed E-state index contributed by atoms with van der Waals surface area (Å²) in [5, 5.41) is 0. The van der Waals surface area contributed by atoms with Crippen molar-refractivity contribution in [2.75, 3.05) is 32.8 Å². The number of fused-ring (bicyclic) bond motifs is 1. The summed E-state index contributed by atoms with van der Waals surface area (Å²) in [6.45, 7) is 12.8. The van der Waals surface area contributed by atoms with Crippen LogP contribution < -0.4 is 0 Å². The lowest BCUT2D eigenvalue weighted by molar-refractivity contribution is -0.0523. The van der Waals surface area contributed by atoms with Crippen LogP contribution in [0.2, 0.25) is 0 Å². The van der Waals surface area contributed by atoms with Gasteiger partial charge in [-0.15, -0.1) is 0 Å². The van der Waals surface area contributed by atoms with E-state index in [0.29, 0.717) is 12.1 Å². The molecule has 2 saturated heterocycles. The summed E-state index contributed by atoms with van der Waals surface area (Å²) in [6.07, 6.45) is 1.65. The minimum atomic E-state index is 0.377. The predicted molar refractivity (Wildman–Crippen MR) is 83.3 cm³/mol. The Labute approximate surface area is 128 Å². The number of rotatable bonds is 5. The molecule has 0 unspecified atom stereocenters. The largest absolute Gasteiger partial charge is 0.465 e. The molecule has 1 aromatic heterocycles. The van der Waals surface area contributed by atoms with Crippen LogP contribution >= 0.6 is 0 Å². The molecule has 4 heteroatoms. The molecule has 0 N–H and O–H groups in total. The molecule has 3 heterocycles. The van der Waals surface area contributed by atoms with Crippen LogP contribution in [0.3, 0.4) is 0 Å². The molecule has 4 nitrogen and oxygen atoms in total. The van der Waals surface area contributed by atoms with Crippen LogP contribution in [-0.4, -0.2) is 54.7 Å². The van der Waals surface area contributed by atoms with Gasteiger partial charge in [0.25, 0.3) is 0 Å². The van der Waals surface area contributed by atoms with Crippen molar-refractivity contribution in [3.8, 4) is 0 Å². The number of ether oxygens (including phenoxy) is 1. The van der Waals surface area contributed by atoms with Gasteiger partial charge in [0.15, 0.2) is 0 Å². The van der Waals surface area contributed by atoms with Gasteiger partial charge in [-0.1, -0.05) is 13.8 Å². The molecule has 3 rings (SSSR count). The first-order valence-corrected chi connectivity index (χ1v) is 8.25. The maximum absolute atomic E-state index is 6.00. The fraction of sp³-hybridized carbons (Fsp3) is 0.765. The van der Waals surface area contributed by atoms with E-state index in [1.54, 1.807) is 0 Å². The smallest absolute Gasteiger partial charge is 0.118 e. The lowest BCUT2D eigenvalue weighted by atomic mass is 10.1. The number of furan rings is 1. The average Bonchev–Trinajstić information content (AvgIpc) is 3.03. The molecule has 2 aliphatic heterocycles. The molecule has 0 spiro atoms. The number of nitrogens with zero attached hydrogens (tertiary/aromatic N) is 2. The second kappa shape index (κ2) is 6.51. The molecule has 2 atom stereocenters. The van der Waals surface area contributed by atoms with E-state index in [-0.39, 0.29) is 0 Å². The number of likely N-dealkylation sites (tertiary alicyclic amines) is 1.